The molecule has 2 N–H and O–H groups in total. The van der Waals surface area contributed by atoms with Crippen LogP contribution in [0.2, 0.25) is 0 Å². The zero-order valence-electron chi connectivity index (χ0n) is 15.8. The van der Waals surface area contributed by atoms with Crippen LogP contribution >= 0.6 is 0 Å². The third-order valence-corrected chi connectivity index (χ3v) is 4.21. The maximum absolute atomic E-state index is 12.9. The SMILES string of the molecule is CCOc1ccc(C(NCc2cccnc2)C(=O)NCc2cccnc2)cc1. The summed E-state index contributed by atoms with van der Waals surface area (Å²) in [5.41, 5.74) is 2.84. The molecule has 3 aromatic rings. The maximum Gasteiger partial charge on any atom is 0.242 e. The molecule has 1 aromatic carbocycles. The number of rotatable bonds is 9. The van der Waals surface area contributed by atoms with Crippen molar-refractivity contribution in [3.05, 3.63) is 90.0 Å². The monoisotopic (exact) mass is 376 g/mol. The second-order valence-corrected chi connectivity index (χ2v) is 6.26. The van der Waals surface area contributed by atoms with Crippen molar-refractivity contribution < 1.29 is 9.53 Å². The molecule has 0 spiro atoms. The predicted octanol–water partition coefficient (Wildman–Crippen LogP) is 3.02. The van der Waals surface area contributed by atoms with Gasteiger partial charge in [-0.1, -0.05) is 24.3 Å². The van der Waals surface area contributed by atoms with E-state index >= 15 is 0 Å². The number of nitrogens with one attached hydrogen (secondary N) is 2. The average Bonchev–Trinajstić information content (AvgIpc) is 2.75. The summed E-state index contributed by atoms with van der Waals surface area (Å²) in [4.78, 5) is 21.1. The highest BCUT2D eigenvalue weighted by atomic mass is 16.5. The van der Waals surface area contributed by atoms with Crippen molar-refractivity contribution in [2.45, 2.75) is 26.1 Å². The topological polar surface area (TPSA) is 76.1 Å². The Balaban J connectivity index is 1.71. The van der Waals surface area contributed by atoms with E-state index in [4.69, 9.17) is 4.74 Å². The van der Waals surface area contributed by atoms with Gasteiger partial charge in [-0.25, -0.2) is 0 Å². The number of carbonyl (C=O) groups excluding carboxylic acids is 1. The standard InChI is InChI=1S/C22H24N4O2/c1-2-28-20-9-7-19(8-10-20)21(25-15-17-5-3-11-23-13-17)22(27)26-16-18-6-4-12-24-14-18/h3-14,21,25H,2,15-16H2,1H3,(H,26,27). The fourth-order valence-electron chi connectivity index (χ4n) is 2.80. The molecular formula is C22H24N4O2. The molecule has 28 heavy (non-hydrogen) atoms. The van der Waals surface area contributed by atoms with E-state index in [0.717, 1.165) is 22.4 Å². The number of ether oxygens (including phenoxy) is 1. The lowest BCUT2D eigenvalue weighted by molar-refractivity contribution is -0.123. The Morgan fingerprint density at radius 1 is 0.964 bits per heavy atom. The van der Waals surface area contributed by atoms with E-state index in [1.165, 1.54) is 0 Å². The van der Waals surface area contributed by atoms with Crippen molar-refractivity contribution in [1.29, 1.82) is 0 Å². The summed E-state index contributed by atoms with van der Waals surface area (Å²) in [6.07, 6.45) is 6.97. The Hall–Kier alpha value is -3.25. The number of hydrogen-bond acceptors (Lipinski definition) is 5. The van der Waals surface area contributed by atoms with Crippen LogP contribution in [-0.2, 0) is 17.9 Å². The second kappa shape index (κ2) is 10.2. The summed E-state index contributed by atoms with van der Waals surface area (Å²) in [7, 11) is 0. The van der Waals surface area contributed by atoms with Crippen molar-refractivity contribution >= 4 is 5.91 Å². The lowest BCUT2D eigenvalue weighted by atomic mass is 10.1. The van der Waals surface area contributed by atoms with E-state index in [0.29, 0.717) is 19.7 Å². The van der Waals surface area contributed by atoms with Crippen molar-refractivity contribution in [2.75, 3.05) is 6.61 Å². The molecule has 0 saturated heterocycles. The molecule has 2 heterocycles. The van der Waals surface area contributed by atoms with E-state index in [9.17, 15) is 4.79 Å². The number of aromatic nitrogens is 2. The first-order valence-electron chi connectivity index (χ1n) is 9.28. The van der Waals surface area contributed by atoms with E-state index in [1.54, 1.807) is 24.8 Å². The highest BCUT2D eigenvalue weighted by Gasteiger charge is 2.20. The number of nitrogens with zero attached hydrogens (tertiary/aromatic N) is 2. The highest BCUT2D eigenvalue weighted by Crippen LogP contribution is 2.19. The van der Waals surface area contributed by atoms with E-state index in [1.807, 2.05) is 55.5 Å². The van der Waals surface area contributed by atoms with Crippen LogP contribution in [0.1, 0.15) is 29.7 Å². The van der Waals surface area contributed by atoms with Gasteiger partial charge in [-0.05, 0) is 47.9 Å². The summed E-state index contributed by atoms with van der Waals surface area (Å²) in [5.74, 6) is 0.685. The molecule has 1 atom stereocenters. The van der Waals surface area contributed by atoms with Crippen LogP contribution in [0.15, 0.2) is 73.3 Å². The molecule has 1 amide bonds. The molecule has 0 fully saturated rings. The van der Waals surface area contributed by atoms with Gasteiger partial charge in [0.15, 0.2) is 0 Å². The van der Waals surface area contributed by atoms with Gasteiger partial charge in [0.2, 0.25) is 5.91 Å². The zero-order chi connectivity index (χ0) is 19.6. The summed E-state index contributed by atoms with van der Waals surface area (Å²) in [6.45, 7) is 3.51. The van der Waals surface area contributed by atoms with Gasteiger partial charge >= 0.3 is 0 Å². The summed E-state index contributed by atoms with van der Waals surface area (Å²) in [6, 6.07) is 14.7. The van der Waals surface area contributed by atoms with Crippen LogP contribution < -0.4 is 15.4 Å². The fraction of sp³-hybridized carbons (Fsp3) is 0.227. The van der Waals surface area contributed by atoms with Crippen LogP contribution in [0, 0.1) is 0 Å². The van der Waals surface area contributed by atoms with Gasteiger partial charge in [0.1, 0.15) is 11.8 Å². The molecule has 6 heteroatoms. The van der Waals surface area contributed by atoms with Gasteiger partial charge in [0, 0.05) is 37.9 Å². The highest BCUT2D eigenvalue weighted by molar-refractivity contribution is 5.83. The largest absolute Gasteiger partial charge is 0.494 e. The maximum atomic E-state index is 12.9. The smallest absolute Gasteiger partial charge is 0.242 e. The number of pyridine rings is 2. The number of hydrogen-bond donors (Lipinski definition) is 2. The van der Waals surface area contributed by atoms with E-state index in [2.05, 4.69) is 20.6 Å². The molecule has 3 rings (SSSR count). The second-order valence-electron chi connectivity index (χ2n) is 6.26. The van der Waals surface area contributed by atoms with Crippen LogP contribution in [0.5, 0.6) is 5.75 Å². The lowest BCUT2D eigenvalue weighted by Gasteiger charge is -2.19. The van der Waals surface area contributed by atoms with Crippen LogP contribution in [-0.4, -0.2) is 22.5 Å². The van der Waals surface area contributed by atoms with Crippen molar-refractivity contribution in [2.24, 2.45) is 0 Å². The van der Waals surface area contributed by atoms with Crippen molar-refractivity contribution in [3.8, 4) is 5.75 Å². The van der Waals surface area contributed by atoms with Crippen LogP contribution in [0.3, 0.4) is 0 Å². The van der Waals surface area contributed by atoms with Gasteiger partial charge in [-0.3, -0.25) is 20.1 Å². The van der Waals surface area contributed by atoms with E-state index < -0.39 is 6.04 Å². The van der Waals surface area contributed by atoms with Gasteiger partial charge < -0.3 is 10.1 Å². The van der Waals surface area contributed by atoms with E-state index in [-0.39, 0.29) is 5.91 Å². The van der Waals surface area contributed by atoms with Gasteiger partial charge in [-0.15, -0.1) is 0 Å². The first-order valence-corrected chi connectivity index (χ1v) is 9.28. The molecule has 0 aliphatic heterocycles. The molecule has 0 radical (unpaired) electrons. The minimum absolute atomic E-state index is 0.100. The Morgan fingerprint density at radius 3 is 2.18 bits per heavy atom. The summed E-state index contributed by atoms with van der Waals surface area (Å²) >= 11 is 0. The molecular weight excluding hydrogens is 352 g/mol. The first kappa shape index (κ1) is 19.5. The quantitative estimate of drug-likeness (QED) is 0.600. The molecule has 0 bridgehead atoms. The van der Waals surface area contributed by atoms with Crippen LogP contribution in [0.4, 0.5) is 0 Å². The Kier molecular flexibility index (Phi) is 7.09. The van der Waals surface area contributed by atoms with Crippen molar-refractivity contribution in [1.82, 2.24) is 20.6 Å². The number of benzene rings is 1. The molecule has 0 saturated carbocycles. The predicted molar refractivity (Wildman–Crippen MR) is 108 cm³/mol. The minimum Gasteiger partial charge on any atom is -0.494 e. The third-order valence-electron chi connectivity index (χ3n) is 4.21. The minimum atomic E-state index is -0.493. The Morgan fingerprint density at radius 2 is 1.61 bits per heavy atom. The summed E-state index contributed by atoms with van der Waals surface area (Å²) < 4.78 is 5.50. The Labute approximate surface area is 165 Å². The third kappa shape index (κ3) is 5.62. The van der Waals surface area contributed by atoms with Gasteiger partial charge in [0.25, 0.3) is 0 Å². The van der Waals surface area contributed by atoms with Crippen LogP contribution in [0.25, 0.3) is 0 Å². The fourth-order valence-corrected chi connectivity index (χ4v) is 2.80. The molecule has 0 aliphatic rings. The molecule has 0 aliphatic carbocycles. The first-order chi connectivity index (χ1) is 13.8. The molecule has 2 aromatic heterocycles. The average molecular weight is 376 g/mol. The number of carbonyl (C=O) groups is 1. The lowest BCUT2D eigenvalue weighted by Crippen LogP contribution is -2.37. The Bertz CT molecular complexity index is 855. The molecule has 144 valence electrons. The van der Waals surface area contributed by atoms with Gasteiger partial charge in [-0.2, -0.15) is 0 Å². The zero-order valence-corrected chi connectivity index (χ0v) is 15.8. The van der Waals surface area contributed by atoms with Crippen molar-refractivity contribution in [3.63, 3.8) is 0 Å². The normalized spacial score (nSPS) is 11.6. The summed E-state index contributed by atoms with van der Waals surface area (Å²) in [5, 5.41) is 6.32. The number of amides is 1. The molecule has 6 nitrogen and oxygen atoms in total. The molecule has 1 unspecified atom stereocenters. The van der Waals surface area contributed by atoms with Gasteiger partial charge in [0.05, 0.1) is 6.61 Å².